The van der Waals surface area contributed by atoms with Crippen molar-refractivity contribution < 1.29 is 4.74 Å². The molecule has 0 saturated carbocycles. The number of benzene rings is 2. The van der Waals surface area contributed by atoms with Gasteiger partial charge in [0.05, 0.1) is 12.1 Å². The molecular formula is C18H18ClNO. The van der Waals surface area contributed by atoms with Crippen molar-refractivity contribution in [3.63, 3.8) is 0 Å². The quantitative estimate of drug-likeness (QED) is 0.809. The summed E-state index contributed by atoms with van der Waals surface area (Å²) in [5.74, 6) is 0.487. The molecule has 1 N–H and O–H groups in total. The fraction of sp³-hybridized carbons (Fsp3) is 0.333. The van der Waals surface area contributed by atoms with Gasteiger partial charge < -0.3 is 10.1 Å². The number of hydrogen-bond acceptors (Lipinski definition) is 2. The average Bonchev–Trinajstić information content (AvgIpc) is 2.97. The molecule has 0 aliphatic carbocycles. The van der Waals surface area contributed by atoms with Gasteiger partial charge >= 0.3 is 0 Å². The van der Waals surface area contributed by atoms with E-state index in [0.717, 1.165) is 18.1 Å². The first-order chi connectivity index (χ1) is 10.2. The standard InChI is InChI=1S/C18H18ClNO/c1-11-2-7-16-15(10-11)18-14(8-9-21-18)17(20-16)12-3-5-13(19)6-4-12/h2-7,10,14,17-18,20H,8-9H2,1H3/t14-,17+,18-/m0/s1. The molecule has 1 saturated heterocycles. The molecule has 1 fully saturated rings. The van der Waals surface area contributed by atoms with E-state index in [4.69, 9.17) is 16.3 Å². The van der Waals surface area contributed by atoms with E-state index in [9.17, 15) is 0 Å². The first-order valence-corrected chi connectivity index (χ1v) is 7.84. The fourth-order valence-corrected chi connectivity index (χ4v) is 3.72. The number of hydrogen-bond donors (Lipinski definition) is 1. The Balaban J connectivity index is 1.77. The van der Waals surface area contributed by atoms with Gasteiger partial charge in [-0.15, -0.1) is 0 Å². The SMILES string of the molecule is Cc1ccc2c(c1)[C@H]1OCC[C@H]1[C@@H](c1ccc(Cl)cc1)N2. The van der Waals surface area contributed by atoms with Crippen molar-refractivity contribution in [2.24, 2.45) is 5.92 Å². The van der Waals surface area contributed by atoms with E-state index >= 15 is 0 Å². The molecule has 2 aliphatic heterocycles. The van der Waals surface area contributed by atoms with Gasteiger partial charge in [-0.2, -0.15) is 0 Å². The minimum absolute atomic E-state index is 0.210. The van der Waals surface area contributed by atoms with Crippen molar-refractivity contribution in [1.29, 1.82) is 0 Å². The third-order valence-corrected chi connectivity index (χ3v) is 4.87. The van der Waals surface area contributed by atoms with Gasteiger partial charge in [-0.1, -0.05) is 41.4 Å². The number of ether oxygens (including phenoxy) is 1. The Morgan fingerprint density at radius 1 is 1.14 bits per heavy atom. The molecular weight excluding hydrogens is 282 g/mol. The van der Waals surface area contributed by atoms with Gasteiger partial charge in [-0.3, -0.25) is 0 Å². The lowest BCUT2D eigenvalue weighted by Gasteiger charge is -2.36. The van der Waals surface area contributed by atoms with Crippen LogP contribution in [0.25, 0.3) is 0 Å². The van der Waals surface area contributed by atoms with Crippen LogP contribution < -0.4 is 5.32 Å². The molecule has 0 amide bonds. The van der Waals surface area contributed by atoms with Crippen LogP contribution in [0.2, 0.25) is 5.02 Å². The third kappa shape index (κ3) is 2.23. The van der Waals surface area contributed by atoms with Gasteiger partial charge in [0.15, 0.2) is 0 Å². The first kappa shape index (κ1) is 13.2. The van der Waals surface area contributed by atoms with Crippen LogP contribution in [0.5, 0.6) is 0 Å². The lowest BCUT2D eigenvalue weighted by Crippen LogP contribution is -2.29. The van der Waals surface area contributed by atoms with Crippen molar-refractivity contribution in [2.45, 2.75) is 25.5 Å². The monoisotopic (exact) mass is 299 g/mol. The molecule has 2 aromatic carbocycles. The zero-order valence-electron chi connectivity index (χ0n) is 12.0. The second kappa shape index (κ2) is 5.04. The van der Waals surface area contributed by atoms with Crippen LogP contribution in [-0.4, -0.2) is 6.61 Å². The Morgan fingerprint density at radius 2 is 1.95 bits per heavy atom. The molecule has 2 aromatic rings. The second-order valence-electron chi connectivity index (χ2n) is 6.01. The molecule has 108 valence electrons. The molecule has 0 spiro atoms. The van der Waals surface area contributed by atoms with Crippen LogP contribution in [0.15, 0.2) is 42.5 Å². The predicted molar refractivity (Wildman–Crippen MR) is 85.8 cm³/mol. The van der Waals surface area contributed by atoms with Gasteiger partial charge in [-0.05, 0) is 37.1 Å². The number of aryl methyl sites for hydroxylation is 1. The Bertz CT molecular complexity index is 667. The van der Waals surface area contributed by atoms with Crippen molar-refractivity contribution in [2.75, 3.05) is 11.9 Å². The summed E-state index contributed by atoms with van der Waals surface area (Å²) in [5, 5.41) is 4.49. The summed E-state index contributed by atoms with van der Waals surface area (Å²) < 4.78 is 6.05. The molecule has 3 atom stereocenters. The maximum absolute atomic E-state index is 6.05. The van der Waals surface area contributed by atoms with E-state index in [-0.39, 0.29) is 6.10 Å². The molecule has 2 nitrogen and oxygen atoms in total. The first-order valence-electron chi connectivity index (χ1n) is 7.46. The van der Waals surface area contributed by atoms with Gasteiger partial charge in [0.2, 0.25) is 0 Å². The predicted octanol–water partition coefficient (Wildman–Crippen LogP) is 4.89. The van der Waals surface area contributed by atoms with Gasteiger partial charge in [0.1, 0.15) is 0 Å². The molecule has 0 unspecified atom stereocenters. The second-order valence-corrected chi connectivity index (χ2v) is 6.44. The summed E-state index contributed by atoms with van der Waals surface area (Å²) >= 11 is 6.02. The zero-order valence-corrected chi connectivity index (χ0v) is 12.7. The maximum atomic E-state index is 6.05. The Hall–Kier alpha value is -1.51. The summed E-state index contributed by atoms with van der Waals surface area (Å²) in [7, 11) is 0. The molecule has 2 heterocycles. The lowest BCUT2D eigenvalue weighted by atomic mass is 9.80. The van der Waals surface area contributed by atoms with E-state index in [1.54, 1.807) is 0 Å². The minimum atomic E-state index is 0.210. The molecule has 0 bridgehead atoms. The number of nitrogens with one attached hydrogen (secondary N) is 1. The third-order valence-electron chi connectivity index (χ3n) is 4.62. The number of rotatable bonds is 1. The maximum Gasteiger partial charge on any atom is 0.0896 e. The molecule has 0 aromatic heterocycles. The number of fused-ring (bicyclic) bond motifs is 3. The summed E-state index contributed by atoms with van der Waals surface area (Å²) in [6.45, 7) is 2.98. The Morgan fingerprint density at radius 3 is 2.76 bits per heavy atom. The minimum Gasteiger partial charge on any atom is -0.378 e. The number of halogens is 1. The molecule has 4 rings (SSSR count). The summed E-state index contributed by atoms with van der Waals surface area (Å²) in [6, 6.07) is 15.0. The van der Waals surface area contributed by atoms with Crippen LogP contribution in [0.4, 0.5) is 5.69 Å². The number of anilines is 1. The lowest BCUT2D eigenvalue weighted by molar-refractivity contribution is 0.0829. The van der Waals surface area contributed by atoms with E-state index in [0.29, 0.717) is 12.0 Å². The van der Waals surface area contributed by atoms with Crippen LogP contribution in [-0.2, 0) is 4.74 Å². The van der Waals surface area contributed by atoms with Crippen molar-refractivity contribution in [1.82, 2.24) is 0 Å². The molecule has 0 radical (unpaired) electrons. The van der Waals surface area contributed by atoms with Crippen LogP contribution in [0.3, 0.4) is 0 Å². The zero-order chi connectivity index (χ0) is 14.4. The van der Waals surface area contributed by atoms with Gasteiger partial charge in [0.25, 0.3) is 0 Å². The van der Waals surface area contributed by atoms with Crippen LogP contribution in [0, 0.1) is 12.8 Å². The van der Waals surface area contributed by atoms with Crippen LogP contribution in [0.1, 0.15) is 35.3 Å². The topological polar surface area (TPSA) is 21.3 Å². The molecule has 3 heteroatoms. The van der Waals surface area contributed by atoms with Crippen LogP contribution >= 0.6 is 11.6 Å². The highest BCUT2D eigenvalue weighted by atomic mass is 35.5. The van der Waals surface area contributed by atoms with Crippen molar-refractivity contribution >= 4 is 17.3 Å². The smallest absolute Gasteiger partial charge is 0.0896 e. The van der Waals surface area contributed by atoms with E-state index < -0.39 is 0 Å². The van der Waals surface area contributed by atoms with Gasteiger partial charge in [-0.25, -0.2) is 0 Å². The Kier molecular flexibility index (Phi) is 3.16. The van der Waals surface area contributed by atoms with E-state index in [1.165, 1.54) is 22.4 Å². The fourth-order valence-electron chi connectivity index (χ4n) is 3.59. The molecule has 21 heavy (non-hydrogen) atoms. The highest BCUT2D eigenvalue weighted by Gasteiger charge is 2.41. The van der Waals surface area contributed by atoms with E-state index in [1.807, 2.05) is 12.1 Å². The normalized spacial score (nSPS) is 26.9. The summed E-state index contributed by atoms with van der Waals surface area (Å²) in [4.78, 5) is 0. The summed E-state index contributed by atoms with van der Waals surface area (Å²) in [5.41, 5.74) is 5.08. The van der Waals surface area contributed by atoms with Crippen molar-refractivity contribution in [3.05, 3.63) is 64.2 Å². The highest BCUT2D eigenvalue weighted by molar-refractivity contribution is 6.30. The summed E-state index contributed by atoms with van der Waals surface area (Å²) in [6.07, 6.45) is 1.31. The van der Waals surface area contributed by atoms with E-state index in [2.05, 4.69) is 42.6 Å². The highest BCUT2D eigenvalue weighted by Crippen LogP contribution is 2.49. The largest absolute Gasteiger partial charge is 0.378 e. The molecule has 2 aliphatic rings. The average molecular weight is 300 g/mol. The Labute approximate surface area is 130 Å². The van der Waals surface area contributed by atoms with Crippen molar-refractivity contribution in [3.8, 4) is 0 Å². The van der Waals surface area contributed by atoms with Gasteiger partial charge in [0, 0.05) is 28.8 Å².